The number of rotatable bonds is 6. The number of carbonyl (C=O) groups excluding carboxylic acids is 2. The lowest BCUT2D eigenvalue weighted by atomic mass is 9.95. The molecule has 3 amide bonds. The molecule has 0 saturated carbocycles. The third-order valence-corrected chi connectivity index (χ3v) is 6.13. The second-order valence-corrected chi connectivity index (χ2v) is 9.12. The average molecular weight is 494 g/mol. The molecule has 5 rings (SSSR count). The molecule has 0 bridgehead atoms. The number of amides is 3. The minimum atomic E-state index is -0.330. The van der Waals surface area contributed by atoms with Crippen molar-refractivity contribution in [2.75, 3.05) is 24.7 Å². The van der Waals surface area contributed by atoms with Crippen LogP contribution in [-0.2, 0) is 6.42 Å². The lowest BCUT2D eigenvalue weighted by molar-refractivity contribution is 0.102. The number of nitrogens with zero attached hydrogens (tertiary/aromatic N) is 4. The molecule has 3 N–H and O–H groups in total. The number of allylic oxidation sites excluding steroid dienone is 4. The number of H-pyrrole nitrogens is 1. The molecule has 1 unspecified atom stereocenters. The van der Waals surface area contributed by atoms with E-state index < -0.39 is 0 Å². The first-order valence-electron chi connectivity index (χ1n) is 12.0. The lowest BCUT2D eigenvalue weighted by Crippen LogP contribution is -2.27. The van der Waals surface area contributed by atoms with Crippen molar-refractivity contribution in [1.29, 1.82) is 0 Å². The molecule has 9 nitrogen and oxygen atoms in total. The zero-order valence-corrected chi connectivity index (χ0v) is 20.6. The Labute approximate surface area is 214 Å². The molecule has 3 aromatic heterocycles. The maximum absolute atomic E-state index is 13.1. The first-order valence-corrected chi connectivity index (χ1v) is 12.0. The molecule has 3 heterocycles. The molecule has 9 heteroatoms. The van der Waals surface area contributed by atoms with Gasteiger partial charge in [0, 0.05) is 36.9 Å². The topological polar surface area (TPSA) is 116 Å². The second-order valence-electron chi connectivity index (χ2n) is 9.12. The summed E-state index contributed by atoms with van der Waals surface area (Å²) >= 11 is 0. The van der Waals surface area contributed by atoms with Crippen LogP contribution in [0.1, 0.15) is 22.6 Å². The smallest absolute Gasteiger partial charge is 0.321 e. The quantitative estimate of drug-likeness (QED) is 0.348. The molecular weight excluding hydrogens is 466 g/mol. The van der Waals surface area contributed by atoms with Crippen molar-refractivity contribution in [3.8, 4) is 11.1 Å². The predicted octanol–water partition coefficient (Wildman–Crippen LogP) is 5.04. The van der Waals surface area contributed by atoms with E-state index in [1.165, 1.54) is 4.90 Å². The van der Waals surface area contributed by atoms with Gasteiger partial charge in [0.15, 0.2) is 5.69 Å². The molecule has 0 spiro atoms. The number of urea groups is 1. The number of pyridine rings is 2. The maximum atomic E-state index is 13.1. The molecule has 4 aromatic rings. The molecule has 1 aromatic carbocycles. The van der Waals surface area contributed by atoms with E-state index in [1.54, 1.807) is 32.7 Å². The fourth-order valence-corrected chi connectivity index (χ4v) is 4.13. The maximum Gasteiger partial charge on any atom is 0.321 e. The van der Waals surface area contributed by atoms with Crippen LogP contribution in [0.2, 0.25) is 0 Å². The zero-order valence-electron chi connectivity index (χ0n) is 20.6. The Morgan fingerprint density at radius 1 is 1.00 bits per heavy atom. The Balaban J connectivity index is 1.32. The molecule has 1 atom stereocenters. The first-order chi connectivity index (χ1) is 18.0. The SMILES string of the molecule is CN(C)C(=O)Nc1cncc(-c2ccc3[nH]nc(C(=O)Nc4ccc(CC5C=CC=CC5)nc4)c3c2)c1. The third-order valence-electron chi connectivity index (χ3n) is 6.13. The minimum Gasteiger partial charge on any atom is -0.331 e. The number of carbonyl (C=O) groups is 2. The Bertz CT molecular complexity index is 1500. The van der Waals surface area contributed by atoms with Crippen molar-refractivity contribution in [2.45, 2.75) is 12.8 Å². The summed E-state index contributed by atoms with van der Waals surface area (Å²) in [5, 5.41) is 13.5. The summed E-state index contributed by atoms with van der Waals surface area (Å²) in [4.78, 5) is 35.3. The van der Waals surface area contributed by atoms with Crippen molar-refractivity contribution < 1.29 is 9.59 Å². The summed E-state index contributed by atoms with van der Waals surface area (Å²) in [6, 6.07) is 11.1. The van der Waals surface area contributed by atoms with Crippen molar-refractivity contribution >= 4 is 34.2 Å². The van der Waals surface area contributed by atoms with Gasteiger partial charge in [0.2, 0.25) is 0 Å². The predicted molar refractivity (Wildman–Crippen MR) is 144 cm³/mol. The highest BCUT2D eigenvalue weighted by atomic mass is 16.2. The van der Waals surface area contributed by atoms with Gasteiger partial charge in [-0.2, -0.15) is 5.10 Å². The van der Waals surface area contributed by atoms with E-state index in [1.807, 2.05) is 36.4 Å². The second kappa shape index (κ2) is 10.4. The highest BCUT2D eigenvalue weighted by Crippen LogP contribution is 2.27. The van der Waals surface area contributed by atoms with Gasteiger partial charge in [-0.05, 0) is 54.7 Å². The Morgan fingerprint density at radius 3 is 2.65 bits per heavy atom. The van der Waals surface area contributed by atoms with Crippen molar-refractivity contribution in [3.63, 3.8) is 0 Å². The van der Waals surface area contributed by atoms with Crippen LogP contribution in [0, 0.1) is 5.92 Å². The molecular formula is C28H27N7O2. The van der Waals surface area contributed by atoms with Gasteiger partial charge in [-0.15, -0.1) is 0 Å². The van der Waals surface area contributed by atoms with Gasteiger partial charge in [0.25, 0.3) is 5.91 Å². The summed E-state index contributed by atoms with van der Waals surface area (Å²) in [6.07, 6.45) is 15.3. The van der Waals surface area contributed by atoms with Gasteiger partial charge in [-0.1, -0.05) is 30.4 Å². The molecule has 1 aliphatic carbocycles. The normalized spacial score (nSPS) is 14.5. The van der Waals surface area contributed by atoms with E-state index in [2.05, 4.69) is 55.1 Å². The Kier molecular flexibility index (Phi) is 6.76. The first kappa shape index (κ1) is 23.9. The van der Waals surface area contributed by atoms with Gasteiger partial charge in [0.1, 0.15) is 0 Å². The van der Waals surface area contributed by atoms with E-state index in [0.717, 1.165) is 35.2 Å². The van der Waals surface area contributed by atoms with Crippen molar-refractivity contribution in [1.82, 2.24) is 25.1 Å². The van der Waals surface area contributed by atoms with Crippen LogP contribution in [0.4, 0.5) is 16.2 Å². The molecule has 0 aliphatic heterocycles. The monoisotopic (exact) mass is 493 g/mol. The van der Waals surface area contributed by atoms with E-state index in [0.29, 0.717) is 22.7 Å². The summed E-state index contributed by atoms with van der Waals surface area (Å²) in [6.45, 7) is 0. The van der Waals surface area contributed by atoms with Crippen molar-refractivity contribution in [2.24, 2.45) is 5.92 Å². The van der Waals surface area contributed by atoms with Crippen LogP contribution in [0.5, 0.6) is 0 Å². The van der Waals surface area contributed by atoms with Gasteiger partial charge in [0.05, 0.1) is 29.3 Å². The standard InChI is InChI=1S/C28H27N7O2/c1-35(2)28(37)32-23-13-20(15-29-16-23)19-8-11-25-24(14-19)26(34-33-25)27(36)31-22-10-9-21(30-17-22)12-18-6-4-3-5-7-18/h3-6,8-11,13-18H,7,12H2,1-2H3,(H,31,36)(H,32,37)(H,33,34). The summed E-state index contributed by atoms with van der Waals surface area (Å²) < 4.78 is 0. The number of fused-ring (bicyclic) bond motifs is 1. The van der Waals surface area contributed by atoms with Crippen LogP contribution >= 0.6 is 0 Å². The number of aromatic nitrogens is 4. The molecule has 186 valence electrons. The summed E-state index contributed by atoms with van der Waals surface area (Å²) in [5.74, 6) is 0.117. The van der Waals surface area contributed by atoms with Crippen LogP contribution in [0.3, 0.4) is 0 Å². The number of benzene rings is 1. The number of anilines is 2. The number of hydrogen-bond acceptors (Lipinski definition) is 5. The Hall–Kier alpha value is -4.79. The number of nitrogens with one attached hydrogen (secondary N) is 3. The largest absolute Gasteiger partial charge is 0.331 e. The number of aromatic amines is 1. The number of hydrogen-bond donors (Lipinski definition) is 3. The molecule has 0 fully saturated rings. The fourth-order valence-electron chi connectivity index (χ4n) is 4.13. The van der Waals surface area contributed by atoms with Gasteiger partial charge in [-0.3, -0.25) is 19.9 Å². The van der Waals surface area contributed by atoms with E-state index in [9.17, 15) is 9.59 Å². The van der Waals surface area contributed by atoms with E-state index >= 15 is 0 Å². The third kappa shape index (κ3) is 5.56. The van der Waals surface area contributed by atoms with Gasteiger partial charge in [-0.25, -0.2) is 4.79 Å². The average Bonchev–Trinajstić information content (AvgIpc) is 3.34. The van der Waals surface area contributed by atoms with Crippen LogP contribution < -0.4 is 10.6 Å². The van der Waals surface area contributed by atoms with Crippen molar-refractivity contribution in [3.05, 3.63) is 90.7 Å². The minimum absolute atomic E-state index is 0.242. The van der Waals surface area contributed by atoms with Crippen LogP contribution in [0.15, 0.2) is 79.3 Å². The summed E-state index contributed by atoms with van der Waals surface area (Å²) in [7, 11) is 3.34. The van der Waals surface area contributed by atoms with Crippen LogP contribution in [0.25, 0.3) is 22.0 Å². The van der Waals surface area contributed by atoms with E-state index in [-0.39, 0.29) is 17.6 Å². The lowest BCUT2D eigenvalue weighted by Gasteiger charge is -2.12. The highest BCUT2D eigenvalue weighted by Gasteiger charge is 2.16. The molecule has 37 heavy (non-hydrogen) atoms. The van der Waals surface area contributed by atoms with E-state index in [4.69, 9.17) is 0 Å². The van der Waals surface area contributed by atoms with Gasteiger partial charge >= 0.3 is 6.03 Å². The fraction of sp³-hybridized carbons (Fsp3) is 0.179. The molecule has 1 aliphatic rings. The molecule has 0 saturated heterocycles. The molecule has 0 radical (unpaired) electrons. The van der Waals surface area contributed by atoms with Gasteiger partial charge < -0.3 is 15.5 Å². The zero-order chi connectivity index (χ0) is 25.8. The summed E-state index contributed by atoms with van der Waals surface area (Å²) in [5.41, 5.74) is 4.83. The highest BCUT2D eigenvalue weighted by molar-refractivity contribution is 6.11. The Morgan fingerprint density at radius 2 is 1.89 bits per heavy atom. The van der Waals surface area contributed by atoms with Crippen LogP contribution in [-0.4, -0.2) is 51.1 Å².